The van der Waals surface area contributed by atoms with E-state index in [1.54, 1.807) is 7.11 Å². The summed E-state index contributed by atoms with van der Waals surface area (Å²) in [5.74, 6) is 2.20. The van der Waals surface area contributed by atoms with Crippen LogP contribution in [-0.2, 0) is 11.3 Å². The van der Waals surface area contributed by atoms with E-state index in [1.807, 2.05) is 31.9 Å². The van der Waals surface area contributed by atoms with Crippen LogP contribution in [0.25, 0.3) is 0 Å². The second-order valence-electron chi connectivity index (χ2n) is 4.31. The van der Waals surface area contributed by atoms with Gasteiger partial charge in [-0.3, -0.25) is 0 Å². The Morgan fingerprint density at radius 3 is 2.84 bits per heavy atom. The number of ether oxygens (including phenoxy) is 1. The molecule has 0 saturated heterocycles. The van der Waals surface area contributed by atoms with Crippen LogP contribution in [0.1, 0.15) is 26.1 Å². The number of nitrogens with one attached hydrogen (secondary N) is 1. The quantitative estimate of drug-likeness (QED) is 0.808. The number of nitriles is 1. The molecular weight excluding hydrogens is 242 g/mol. The topological polar surface area (TPSA) is 74.1 Å². The number of nitrogens with zero attached hydrogens (tertiary/aromatic N) is 4. The molecule has 19 heavy (non-hydrogen) atoms. The molecule has 1 unspecified atom stereocenters. The zero-order valence-corrected chi connectivity index (χ0v) is 12.0. The van der Waals surface area contributed by atoms with E-state index in [9.17, 15) is 0 Å². The van der Waals surface area contributed by atoms with Crippen LogP contribution in [0, 0.1) is 11.3 Å². The van der Waals surface area contributed by atoms with Gasteiger partial charge < -0.3 is 15.0 Å². The van der Waals surface area contributed by atoms with E-state index in [0.29, 0.717) is 18.9 Å². The molecule has 1 heterocycles. The summed E-state index contributed by atoms with van der Waals surface area (Å²) in [6.45, 7) is 5.17. The molecule has 0 fully saturated rings. The van der Waals surface area contributed by atoms with E-state index in [2.05, 4.69) is 21.4 Å². The highest BCUT2D eigenvalue weighted by Crippen LogP contribution is 2.18. The van der Waals surface area contributed by atoms with Crippen LogP contribution in [0.2, 0.25) is 0 Å². The number of hydrogen-bond acceptors (Lipinski definition) is 6. The maximum Gasteiger partial charge on any atom is 0.158 e. The molecule has 0 saturated carbocycles. The Labute approximate surface area is 114 Å². The summed E-state index contributed by atoms with van der Waals surface area (Å²) in [7, 11) is 3.54. The Morgan fingerprint density at radius 2 is 2.26 bits per heavy atom. The Balaban J connectivity index is 3.00. The van der Waals surface area contributed by atoms with Crippen molar-refractivity contribution in [1.29, 1.82) is 5.26 Å². The molecule has 1 N–H and O–H groups in total. The highest BCUT2D eigenvalue weighted by Gasteiger charge is 2.13. The fourth-order valence-electron chi connectivity index (χ4n) is 1.62. The molecule has 1 aromatic heterocycles. The number of anilines is 2. The van der Waals surface area contributed by atoms with Crippen molar-refractivity contribution in [1.82, 2.24) is 9.97 Å². The van der Waals surface area contributed by atoms with Crippen molar-refractivity contribution in [2.75, 3.05) is 30.9 Å². The van der Waals surface area contributed by atoms with Crippen LogP contribution < -0.4 is 10.2 Å². The lowest BCUT2D eigenvalue weighted by Gasteiger charge is -2.24. The molecule has 0 radical (unpaired) electrons. The lowest BCUT2D eigenvalue weighted by atomic mass is 10.2. The molecule has 1 atom stereocenters. The van der Waals surface area contributed by atoms with E-state index < -0.39 is 0 Å². The third-order valence-electron chi connectivity index (χ3n) is 2.80. The Hall–Kier alpha value is -1.87. The Bertz CT molecular complexity index is 419. The maximum absolute atomic E-state index is 8.77. The molecule has 0 aromatic carbocycles. The van der Waals surface area contributed by atoms with Gasteiger partial charge in [-0.25, -0.2) is 9.97 Å². The van der Waals surface area contributed by atoms with Gasteiger partial charge in [-0.2, -0.15) is 5.26 Å². The number of rotatable bonds is 7. The highest BCUT2D eigenvalue weighted by molar-refractivity contribution is 5.49. The number of hydrogen-bond donors (Lipinski definition) is 1. The van der Waals surface area contributed by atoms with Gasteiger partial charge in [0, 0.05) is 32.8 Å². The summed E-state index contributed by atoms with van der Waals surface area (Å²) in [4.78, 5) is 10.8. The Morgan fingerprint density at radius 1 is 1.53 bits per heavy atom. The fraction of sp³-hybridized carbons (Fsp3) is 0.615. The van der Waals surface area contributed by atoms with E-state index in [0.717, 1.165) is 18.2 Å². The van der Waals surface area contributed by atoms with Crippen LogP contribution in [0.3, 0.4) is 0 Å². The van der Waals surface area contributed by atoms with E-state index >= 15 is 0 Å². The normalized spacial score (nSPS) is 11.7. The van der Waals surface area contributed by atoms with Gasteiger partial charge in [-0.05, 0) is 13.8 Å². The SMILES string of the molecule is CCNc1cc(N(C)C(C)CC#N)nc(COC)n1. The van der Waals surface area contributed by atoms with Gasteiger partial charge in [0.2, 0.25) is 0 Å². The molecule has 0 aliphatic carbocycles. The average molecular weight is 263 g/mol. The standard InChI is InChI=1S/C13H21N5O/c1-5-15-11-8-13(17-12(16-11)9-19-4)18(3)10(2)6-7-14/h8,10H,5-6,9H2,1-4H3,(H,15,16,17). The molecule has 0 aliphatic heterocycles. The van der Waals surface area contributed by atoms with Gasteiger partial charge in [0.25, 0.3) is 0 Å². The second kappa shape index (κ2) is 7.54. The van der Waals surface area contributed by atoms with E-state index in [1.165, 1.54) is 0 Å². The summed E-state index contributed by atoms with van der Waals surface area (Å²) >= 11 is 0. The van der Waals surface area contributed by atoms with Gasteiger partial charge in [0.15, 0.2) is 5.82 Å². The first-order valence-corrected chi connectivity index (χ1v) is 6.32. The van der Waals surface area contributed by atoms with Crippen molar-refractivity contribution in [2.45, 2.75) is 32.9 Å². The van der Waals surface area contributed by atoms with Gasteiger partial charge in [0.1, 0.15) is 18.2 Å². The van der Waals surface area contributed by atoms with Gasteiger partial charge in [0.05, 0.1) is 12.5 Å². The first-order chi connectivity index (χ1) is 9.12. The molecule has 0 aliphatic rings. The molecule has 6 heteroatoms. The van der Waals surface area contributed by atoms with Crippen molar-refractivity contribution < 1.29 is 4.74 Å². The minimum Gasteiger partial charge on any atom is -0.377 e. The highest BCUT2D eigenvalue weighted by atomic mass is 16.5. The van der Waals surface area contributed by atoms with Crippen molar-refractivity contribution in [3.8, 4) is 6.07 Å². The molecule has 6 nitrogen and oxygen atoms in total. The van der Waals surface area contributed by atoms with E-state index in [4.69, 9.17) is 10.00 Å². The first kappa shape index (κ1) is 15.2. The molecular formula is C13H21N5O. The largest absolute Gasteiger partial charge is 0.377 e. The summed E-state index contributed by atoms with van der Waals surface area (Å²) in [5.41, 5.74) is 0. The molecule has 104 valence electrons. The zero-order valence-electron chi connectivity index (χ0n) is 12.0. The lowest BCUT2D eigenvalue weighted by Crippen LogP contribution is -2.29. The van der Waals surface area contributed by atoms with Crippen LogP contribution in [0.15, 0.2) is 6.07 Å². The Kier molecular flexibility index (Phi) is 6.03. The summed E-state index contributed by atoms with van der Waals surface area (Å²) in [6, 6.07) is 4.16. The van der Waals surface area contributed by atoms with Gasteiger partial charge in [-0.15, -0.1) is 0 Å². The predicted molar refractivity (Wildman–Crippen MR) is 75.0 cm³/mol. The first-order valence-electron chi connectivity index (χ1n) is 6.32. The smallest absolute Gasteiger partial charge is 0.158 e. The minimum absolute atomic E-state index is 0.102. The molecule has 1 rings (SSSR count). The summed E-state index contributed by atoms with van der Waals surface area (Å²) in [6.07, 6.45) is 0.455. The predicted octanol–water partition coefficient (Wildman–Crippen LogP) is 1.79. The minimum atomic E-state index is 0.102. The molecule has 1 aromatic rings. The number of methoxy groups -OCH3 is 1. The second-order valence-corrected chi connectivity index (χ2v) is 4.31. The van der Waals surface area contributed by atoms with Crippen LogP contribution in [0.4, 0.5) is 11.6 Å². The number of aromatic nitrogens is 2. The molecule has 0 bridgehead atoms. The van der Waals surface area contributed by atoms with Gasteiger partial charge >= 0.3 is 0 Å². The average Bonchev–Trinajstić information content (AvgIpc) is 2.38. The zero-order chi connectivity index (χ0) is 14.3. The molecule has 0 amide bonds. The lowest BCUT2D eigenvalue weighted by molar-refractivity contribution is 0.178. The molecule has 0 spiro atoms. The fourth-order valence-corrected chi connectivity index (χ4v) is 1.62. The van der Waals surface area contributed by atoms with Crippen molar-refractivity contribution in [3.05, 3.63) is 11.9 Å². The monoisotopic (exact) mass is 263 g/mol. The summed E-state index contributed by atoms with van der Waals surface area (Å²) < 4.78 is 5.08. The summed E-state index contributed by atoms with van der Waals surface area (Å²) in [5, 5.41) is 11.9. The van der Waals surface area contributed by atoms with Crippen LogP contribution in [0.5, 0.6) is 0 Å². The van der Waals surface area contributed by atoms with Crippen LogP contribution >= 0.6 is 0 Å². The van der Waals surface area contributed by atoms with Crippen LogP contribution in [-0.4, -0.2) is 36.7 Å². The van der Waals surface area contributed by atoms with Gasteiger partial charge in [-0.1, -0.05) is 0 Å². The van der Waals surface area contributed by atoms with Crippen molar-refractivity contribution in [2.24, 2.45) is 0 Å². The van der Waals surface area contributed by atoms with E-state index in [-0.39, 0.29) is 6.04 Å². The van der Waals surface area contributed by atoms with Crippen molar-refractivity contribution >= 4 is 11.6 Å². The third kappa shape index (κ3) is 4.38. The maximum atomic E-state index is 8.77. The third-order valence-corrected chi connectivity index (χ3v) is 2.80. The van der Waals surface area contributed by atoms with Crippen molar-refractivity contribution in [3.63, 3.8) is 0 Å².